The topological polar surface area (TPSA) is 81.2 Å². The largest absolute Gasteiger partial charge is 0.318 e. The van der Waals surface area contributed by atoms with E-state index >= 15 is 0 Å². The summed E-state index contributed by atoms with van der Waals surface area (Å²) in [6.07, 6.45) is 1.18. The lowest BCUT2D eigenvalue weighted by Crippen LogP contribution is -2.09. The zero-order valence-electron chi connectivity index (χ0n) is 10.7. The molecule has 0 aromatic heterocycles. The number of nitro benzene ring substituents is 1. The second-order valence-corrected chi connectivity index (χ2v) is 5.59. The van der Waals surface area contributed by atoms with Crippen LogP contribution in [0.5, 0.6) is 0 Å². The number of nitrogens with two attached hydrogens (primary N) is 1. The maximum Gasteiger partial charge on any atom is 0.293 e. The Balaban J connectivity index is 2.60. The molecule has 0 spiro atoms. The molecule has 1 rings (SSSR count). The smallest absolute Gasteiger partial charge is 0.293 e. The lowest BCUT2D eigenvalue weighted by atomic mass is 10.2. The van der Waals surface area contributed by atoms with Crippen LogP contribution in [0.4, 0.5) is 11.4 Å². The van der Waals surface area contributed by atoms with Gasteiger partial charge in [-0.25, -0.2) is 0 Å². The molecule has 3 N–H and O–H groups in total. The molecule has 0 aliphatic carbocycles. The van der Waals surface area contributed by atoms with Gasteiger partial charge >= 0.3 is 0 Å². The normalized spacial score (nSPS) is 10.7. The Morgan fingerprint density at radius 3 is 2.78 bits per heavy atom. The Bertz CT molecular complexity index is 410. The first-order chi connectivity index (χ1) is 8.54. The predicted octanol–water partition coefficient (Wildman–Crippen LogP) is 3.16. The summed E-state index contributed by atoms with van der Waals surface area (Å²) < 4.78 is 0. The zero-order chi connectivity index (χ0) is 13.5. The van der Waals surface area contributed by atoms with Crippen LogP contribution in [0.3, 0.4) is 0 Å². The first-order valence-electron chi connectivity index (χ1n) is 5.86. The van der Waals surface area contributed by atoms with Crippen LogP contribution in [0.2, 0.25) is 0 Å². The van der Waals surface area contributed by atoms with Gasteiger partial charge in [0.2, 0.25) is 0 Å². The Morgan fingerprint density at radius 1 is 1.50 bits per heavy atom. The Morgan fingerprint density at radius 2 is 2.22 bits per heavy atom. The summed E-state index contributed by atoms with van der Waals surface area (Å²) in [7, 11) is 0. The third-order valence-corrected chi connectivity index (χ3v) is 3.58. The second-order valence-electron chi connectivity index (χ2n) is 4.49. The summed E-state index contributed by atoms with van der Waals surface area (Å²) in [4.78, 5) is 10.3. The average Bonchev–Trinajstić information content (AvgIpc) is 2.33. The summed E-state index contributed by atoms with van der Waals surface area (Å²) in [6, 6.07) is 5.01. The number of nitrogens with one attached hydrogen (secondary N) is 1. The molecule has 5 nitrogen and oxygen atoms in total. The Kier molecular flexibility index (Phi) is 5.94. The van der Waals surface area contributed by atoms with Crippen molar-refractivity contribution in [3.05, 3.63) is 33.9 Å². The van der Waals surface area contributed by atoms with Gasteiger partial charge in [0.15, 0.2) is 0 Å². The summed E-state index contributed by atoms with van der Waals surface area (Å²) >= 11 is 1.83. The van der Waals surface area contributed by atoms with Crippen LogP contribution in [0.15, 0.2) is 18.2 Å². The van der Waals surface area contributed by atoms with Crippen LogP contribution in [-0.2, 0) is 5.75 Å². The highest BCUT2D eigenvalue weighted by Gasteiger charge is 2.12. The maximum absolute atomic E-state index is 10.7. The van der Waals surface area contributed by atoms with E-state index in [4.69, 9.17) is 5.84 Å². The first-order valence-corrected chi connectivity index (χ1v) is 7.01. The standard InChI is InChI=1S/C12H19N3O2S/c1-9(2)5-6-18-8-10-3-4-12(15(16)17)11(7-10)14-13/h3-4,7,9,14H,5-6,8,13H2,1-2H3. The van der Waals surface area contributed by atoms with Crippen LogP contribution in [0.25, 0.3) is 0 Å². The van der Waals surface area contributed by atoms with E-state index in [9.17, 15) is 10.1 Å². The quantitative estimate of drug-likeness (QED) is 0.344. The Labute approximate surface area is 111 Å². The van der Waals surface area contributed by atoms with Gasteiger partial charge in [-0.3, -0.25) is 16.0 Å². The first kappa shape index (κ1) is 14.8. The third kappa shape index (κ3) is 4.54. The number of nitrogens with zero attached hydrogens (tertiary/aromatic N) is 1. The number of nitro groups is 1. The van der Waals surface area contributed by atoms with Crippen molar-refractivity contribution in [2.24, 2.45) is 11.8 Å². The van der Waals surface area contributed by atoms with E-state index in [1.54, 1.807) is 12.1 Å². The van der Waals surface area contributed by atoms with E-state index in [1.165, 1.54) is 12.5 Å². The molecule has 0 aliphatic heterocycles. The van der Waals surface area contributed by atoms with Gasteiger partial charge in [0.25, 0.3) is 5.69 Å². The van der Waals surface area contributed by atoms with Crippen molar-refractivity contribution in [2.45, 2.75) is 26.0 Å². The molecular formula is C12H19N3O2S. The van der Waals surface area contributed by atoms with Gasteiger partial charge in [-0.1, -0.05) is 19.9 Å². The van der Waals surface area contributed by atoms with Crippen LogP contribution in [0, 0.1) is 16.0 Å². The molecule has 1 aromatic rings. The van der Waals surface area contributed by atoms with Gasteiger partial charge in [0.1, 0.15) is 5.69 Å². The fourth-order valence-electron chi connectivity index (χ4n) is 1.46. The van der Waals surface area contributed by atoms with Crippen molar-refractivity contribution in [3.63, 3.8) is 0 Å². The van der Waals surface area contributed by atoms with Crippen molar-refractivity contribution in [2.75, 3.05) is 11.2 Å². The van der Waals surface area contributed by atoms with Crippen molar-refractivity contribution >= 4 is 23.1 Å². The minimum Gasteiger partial charge on any atom is -0.318 e. The van der Waals surface area contributed by atoms with Crippen molar-refractivity contribution in [1.29, 1.82) is 0 Å². The van der Waals surface area contributed by atoms with Crippen LogP contribution in [0.1, 0.15) is 25.8 Å². The summed E-state index contributed by atoms with van der Waals surface area (Å²) in [5.41, 5.74) is 3.79. The molecule has 0 amide bonds. The highest BCUT2D eigenvalue weighted by atomic mass is 32.2. The number of anilines is 1. The molecule has 0 bridgehead atoms. The van der Waals surface area contributed by atoms with Gasteiger partial charge in [-0.2, -0.15) is 11.8 Å². The molecule has 0 radical (unpaired) electrons. The lowest BCUT2D eigenvalue weighted by Gasteiger charge is -2.07. The highest BCUT2D eigenvalue weighted by Crippen LogP contribution is 2.26. The number of hydrogen-bond donors (Lipinski definition) is 2. The average molecular weight is 269 g/mol. The molecular weight excluding hydrogens is 250 g/mol. The molecule has 18 heavy (non-hydrogen) atoms. The molecule has 0 atom stereocenters. The van der Waals surface area contributed by atoms with E-state index < -0.39 is 4.92 Å². The number of hydrogen-bond acceptors (Lipinski definition) is 5. The number of benzene rings is 1. The minimum absolute atomic E-state index is 0.00781. The number of nitrogen functional groups attached to an aromatic ring is 1. The van der Waals surface area contributed by atoms with Gasteiger partial charge in [0.05, 0.1) is 4.92 Å². The maximum atomic E-state index is 10.7. The molecule has 0 saturated heterocycles. The fourth-order valence-corrected chi connectivity index (χ4v) is 2.65. The van der Waals surface area contributed by atoms with Gasteiger partial charge in [-0.05, 0) is 29.7 Å². The van der Waals surface area contributed by atoms with Crippen LogP contribution in [-0.4, -0.2) is 10.7 Å². The predicted molar refractivity (Wildman–Crippen MR) is 76.5 cm³/mol. The lowest BCUT2D eigenvalue weighted by molar-refractivity contribution is -0.384. The number of hydrazine groups is 1. The van der Waals surface area contributed by atoms with E-state index in [0.717, 1.165) is 17.1 Å². The summed E-state index contributed by atoms with van der Waals surface area (Å²) in [5, 5.41) is 10.7. The molecule has 0 heterocycles. The highest BCUT2D eigenvalue weighted by molar-refractivity contribution is 7.98. The third-order valence-electron chi connectivity index (χ3n) is 2.52. The monoisotopic (exact) mass is 269 g/mol. The molecule has 100 valence electrons. The molecule has 0 unspecified atom stereocenters. The zero-order valence-corrected chi connectivity index (χ0v) is 11.5. The molecule has 6 heteroatoms. The van der Waals surface area contributed by atoms with Gasteiger partial charge in [-0.15, -0.1) is 0 Å². The van der Waals surface area contributed by atoms with E-state index in [1.807, 2.05) is 11.8 Å². The van der Waals surface area contributed by atoms with Crippen molar-refractivity contribution < 1.29 is 4.92 Å². The van der Waals surface area contributed by atoms with E-state index in [-0.39, 0.29) is 5.69 Å². The number of thioether (sulfide) groups is 1. The van der Waals surface area contributed by atoms with Crippen molar-refractivity contribution in [1.82, 2.24) is 0 Å². The van der Waals surface area contributed by atoms with Crippen molar-refractivity contribution in [3.8, 4) is 0 Å². The van der Waals surface area contributed by atoms with Gasteiger partial charge < -0.3 is 5.43 Å². The van der Waals surface area contributed by atoms with Gasteiger partial charge in [0, 0.05) is 11.8 Å². The van der Waals surface area contributed by atoms with E-state index in [0.29, 0.717) is 11.6 Å². The molecule has 0 fully saturated rings. The molecule has 0 aliphatic rings. The van der Waals surface area contributed by atoms with E-state index in [2.05, 4.69) is 19.3 Å². The fraction of sp³-hybridized carbons (Fsp3) is 0.500. The van der Waals surface area contributed by atoms with Crippen LogP contribution < -0.4 is 11.3 Å². The summed E-state index contributed by atoms with van der Waals surface area (Å²) in [5.74, 6) is 7.94. The Hall–Kier alpha value is -1.27. The summed E-state index contributed by atoms with van der Waals surface area (Å²) in [6.45, 7) is 4.39. The molecule has 0 saturated carbocycles. The second kappa shape index (κ2) is 7.23. The minimum atomic E-state index is -0.440. The van der Waals surface area contributed by atoms with Crippen LogP contribution >= 0.6 is 11.8 Å². The molecule has 1 aromatic carbocycles. The number of rotatable bonds is 7. The SMILES string of the molecule is CC(C)CCSCc1ccc([N+](=O)[O-])c(NN)c1.